The molecule has 0 spiro atoms. The number of nitrogens with zero attached hydrogens (tertiary/aromatic N) is 6. The number of hydrogen-bond acceptors (Lipinski definition) is 6. The number of rotatable bonds is 7. The molecule has 2 aromatic carbocycles. The van der Waals surface area contributed by atoms with Gasteiger partial charge in [0.2, 0.25) is 6.54 Å². The Kier molecular flexibility index (Phi) is 7.71. The zero-order valence-electron chi connectivity index (χ0n) is 25.2. The summed E-state index contributed by atoms with van der Waals surface area (Å²) in [6.45, 7) is 14.6. The Hall–Kier alpha value is -4.03. The summed E-state index contributed by atoms with van der Waals surface area (Å²) in [5.41, 5.74) is 6.13. The second-order valence-electron chi connectivity index (χ2n) is 12.8. The van der Waals surface area contributed by atoms with Crippen LogP contribution >= 0.6 is 0 Å². The molecule has 3 aromatic rings. The number of halogens is 1. The molecule has 9 heteroatoms. The van der Waals surface area contributed by atoms with Crippen molar-refractivity contribution in [3.63, 3.8) is 0 Å². The summed E-state index contributed by atoms with van der Waals surface area (Å²) in [7, 11) is 0. The minimum absolute atomic E-state index is 0.0604. The molecule has 4 heterocycles. The van der Waals surface area contributed by atoms with Gasteiger partial charge < -0.3 is 19.4 Å². The largest absolute Gasteiger partial charge is 0.461 e. The van der Waals surface area contributed by atoms with E-state index in [2.05, 4.69) is 57.6 Å². The number of hydrogen-bond donors (Lipinski definition) is 0. The van der Waals surface area contributed by atoms with Crippen molar-refractivity contribution < 1.29 is 13.9 Å². The normalized spacial score (nSPS) is 21.1. The zero-order valence-corrected chi connectivity index (χ0v) is 25.2. The SMILES string of the molecule is [C-]#[N+]C[C@H]1CN(c2nc(OCC34CCCN3CCC4)nc3cc(-c4cccc5c4CCCC5)ccc23)CCN1C(=O)C(=C)F. The van der Waals surface area contributed by atoms with Gasteiger partial charge in [-0.2, -0.15) is 9.97 Å². The molecule has 1 amide bonds. The van der Waals surface area contributed by atoms with Crippen LogP contribution in [-0.4, -0.2) is 83.1 Å². The van der Waals surface area contributed by atoms with E-state index >= 15 is 0 Å². The third kappa shape index (κ3) is 5.19. The van der Waals surface area contributed by atoms with Gasteiger partial charge in [-0.3, -0.25) is 9.69 Å². The zero-order chi connectivity index (χ0) is 30.3. The predicted molar refractivity (Wildman–Crippen MR) is 169 cm³/mol. The number of ether oxygens (including phenoxy) is 1. The molecule has 0 bridgehead atoms. The van der Waals surface area contributed by atoms with Gasteiger partial charge in [0.15, 0.2) is 5.83 Å². The molecule has 1 aliphatic carbocycles. The lowest BCUT2D eigenvalue weighted by atomic mass is 9.86. The molecule has 4 aliphatic rings. The molecule has 7 rings (SSSR count). The molecule has 8 nitrogen and oxygen atoms in total. The lowest BCUT2D eigenvalue weighted by Crippen LogP contribution is -2.56. The molecule has 3 aliphatic heterocycles. The Morgan fingerprint density at radius 3 is 2.68 bits per heavy atom. The van der Waals surface area contributed by atoms with Crippen molar-refractivity contribution in [3.8, 4) is 17.1 Å². The molecule has 1 atom stereocenters. The summed E-state index contributed by atoms with van der Waals surface area (Å²) < 4.78 is 20.3. The fraction of sp³-hybridized carbons (Fsp3) is 0.486. The van der Waals surface area contributed by atoms with Gasteiger partial charge in [0.1, 0.15) is 18.5 Å². The van der Waals surface area contributed by atoms with Gasteiger partial charge in [0.05, 0.1) is 11.1 Å². The van der Waals surface area contributed by atoms with Crippen molar-refractivity contribution >= 4 is 22.6 Å². The number of benzene rings is 2. The summed E-state index contributed by atoms with van der Waals surface area (Å²) >= 11 is 0. The number of aryl methyl sites for hydroxylation is 1. The van der Waals surface area contributed by atoms with Crippen molar-refractivity contribution in [3.05, 3.63) is 71.3 Å². The van der Waals surface area contributed by atoms with E-state index in [0.29, 0.717) is 25.7 Å². The van der Waals surface area contributed by atoms with Gasteiger partial charge in [-0.1, -0.05) is 30.8 Å². The van der Waals surface area contributed by atoms with E-state index in [1.54, 1.807) is 0 Å². The fourth-order valence-electron chi connectivity index (χ4n) is 8.01. The molecule has 0 radical (unpaired) electrons. The summed E-state index contributed by atoms with van der Waals surface area (Å²) in [6.07, 6.45) is 9.28. The average molecular weight is 595 g/mol. The van der Waals surface area contributed by atoms with Crippen molar-refractivity contribution in [1.82, 2.24) is 19.8 Å². The lowest BCUT2D eigenvalue weighted by molar-refractivity contribution is -0.131. The molecule has 0 unspecified atom stereocenters. The molecule has 0 N–H and O–H groups in total. The summed E-state index contributed by atoms with van der Waals surface area (Å²) in [6, 6.07) is 12.9. The van der Waals surface area contributed by atoms with Gasteiger partial charge >= 0.3 is 6.01 Å². The average Bonchev–Trinajstić information content (AvgIpc) is 3.63. The Morgan fingerprint density at radius 2 is 1.89 bits per heavy atom. The number of fused-ring (bicyclic) bond motifs is 3. The first kappa shape index (κ1) is 28.7. The number of amides is 1. The summed E-state index contributed by atoms with van der Waals surface area (Å²) in [5.74, 6) is -1.03. The summed E-state index contributed by atoms with van der Waals surface area (Å²) in [5, 5.41) is 0.892. The van der Waals surface area contributed by atoms with E-state index in [1.165, 1.54) is 47.3 Å². The maximum Gasteiger partial charge on any atom is 0.319 e. The van der Waals surface area contributed by atoms with Crippen LogP contribution in [0.1, 0.15) is 49.7 Å². The smallest absolute Gasteiger partial charge is 0.319 e. The Morgan fingerprint density at radius 1 is 1.07 bits per heavy atom. The molecule has 1 aromatic heterocycles. The van der Waals surface area contributed by atoms with E-state index < -0.39 is 17.8 Å². The Balaban J connectivity index is 1.27. The van der Waals surface area contributed by atoms with Crippen LogP contribution in [0, 0.1) is 6.57 Å². The molecule has 0 saturated carbocycles. The second kappa shape index (κ2) is 11.8. The highest BCUT2D eigenvalue weighted by atomic mass is 19.1. The van der Waals surface area contributed by atoms with Crippen LogP contribution in [-0.2, 0) is 17.6 Å². The monoisotopic (exact) mass is 594 g/mol. The molecule has 228 valence electrons. The Labute approximate surface area is 258 Å². The third-order valence-corrected chi connectivity index (χ3v) is 10.2. The van der Waals surface area contributed by atoms with E-state index in [0.717, 1.165) is 61.1 Å². The standard InChI is InChI=1S/C35H39FN6O2/c1-24(36)33(43)42-19-18-40(22-27(42)21-37-2)32-30-13-12-26(29-11-5-9-25-8-3-4-10-28(25)29)20-31(30)38-34(39-32)44-23-35-14-6-16-41(35)17-7-15-35/h5,9,11-13,20,27H,1,3-4,6-8,10,14-19,21-23H2/t27-/m0/s1. The van der Waals surface area contributed by atoms with E-state index in [1.807, 2.05) is 0 Å². The number of anilines is 1. The number of aromatic nitrogens is 2. The molecule has 3 saturated heterocycles. The van der Waals surface area contributed by atoms with Crippen LogP contribution in [0.25, 0.3) is 26.9 Å². The van der Waals surface area contributed by atoms with Crippen LogP contribution in [0.5, 0.6) is 6.01 Å². The van der Waals surface area contributed by atoms with Crippen LogP contribution in [0.4, 0.5) is 10.2 Å². The fourth-order valence-corrected chi connectivity index (χ4v) is 8.01. The number of carbonyl (C=O) groups excluding carboxylic acids is 1. The van der Waals surface area contributed by atoms with Gasteiger partial charge in [-0.05, 0) is 98.8 Å². The maximum atomic E-state index is 13.8. The van der Waals surface area contributed by atoms with Gasteiger partial charge in [0.25, 0.3) is 5.91 Å². The predicted octanol–water partition coefficient (Wildman–Crippen LogP) is 5.60. The van der Waals surface area contributed by atoms with Gasteiger partial charge in [0, 0.05) is 25.0 Å². The van der Waals surface area contributed by atoms with E-state index in [4.69, 9.17) is 21.3 Å². The Bertz CT molecular complexity index is 1640. The van der Waals surface area contributed by atoms with Gasteiger partial charge in [-0.15, -0.1) is 0 Å². The van der Waals surface area contributed by atoms with Crippen molar-refractivity contribution in [2.45, 2.75) is 62.9 Å². The van der Waals surface area contributed by atoms with E-state index in [-0.39, 0.29) is 18.6 Å². The second-order valence-corrected chi connectivity index (χ2v) is 12.8. The highest BCUT2D eigenvalue weighted by molar-refractivity contribution is 5.94. The maximum absolute atomic E-state index is 13.8. The minimum Gasteiger partial charge on any atom is -0.461 e. The molecule has 44 heavy (non-hydrogen) atoms. The first-order valence-corrected chi connectivity index (χ1v) is 16.0. The quantitative estimate of drug-likeness (QED) is 0.262. The lowest BCUT2D eigenvalue weighted by Gasteiger charge is -2.39. The summed E-state index contributed by atoms with van der Waals surface area (Å²) in [4.78, 5) is 32.1. The van der Waals surface area contributed by atoms with Crippen molar-refractivity contribution in [1.29, 1.82) is 0 Å². The highest BCUT2D eigenvalue weighted by Gasteiger charge is 2.45. The molecular weight excluding hydrogens is 555 g/mol. The third-order valence-electron chi connectivity index (χ3n) is 10.2. The van der Waals surface area contributed by atoms with Crippen LogP contribution < -0.4 is 9.64 Å². The van der Waals surface area contributed by atoms with E-state index in [9.17, 15) is 9.18 Å². The molecule has 3 fully saturated rings. The van der Waals surface area contributed by atoms with Gasteiger partial charge in [-0.25, -0.2) is 11.0 Å². The van der Waals surface area contributed by atoms with Crippen molar-refractivity contribution in [2.24, 2.45) is 0 Å². The first-order chi connectivity index (χ1) is 21.5. The number of piperazine rings is 1. The topological polar surface area (TPSA) is 66.2 Å². The highest BCUT2D eigenvalue weighted by Crippen LogP contribution is 2.40. The minimum atomic E-state index is -1.00. The van der Waals surface area contributed by atoms with Crippen LogP contribution in [0.3, 0.4) is 0 Å². The molecular formula is C35H39FN6O2. The van der Waals surface area contributed by atoms with Crippen LogP contribution in [0.15, 0.2) is 48.8 Å². The van der Waals surface area contributed by atoms with Crippen LogP contribution in [0.2, 0.25) is 0 Å². The number of carbonyl (C=O) groups is 1. The van der Waals surface area contributed by atoms with Crippen molar-refractivity contribution in [2.75, 3.05) is 50.8 Å². The first-order valence-electron chi connectivity index (χ1n) is 16.0.